The molecule has 0 spiro atoms. The van der Waals surface area contributed by atoms with E-state index in [2.05, 4.69) is 5.32 Å². The molecule has 0 unspecified atom stereocenters. The largest absolute Gasteiger partial charge is 0.448 e. The summed E-state index contributed by atoms with van der Waals surface area (Å²) in [5.41, 5.74) is 0.428. The van der Waals surface area contributed by atoms with Gasteiger partial charge < -0.3 is 9.64 Å². The first-order valence-corrected chi connectivity index (χ1v) is 5.32. The second-order valence-electron chi connectivity index (χ2n) is 3.87. The highest BCUT2D eigenvalue weighted by Gasteiger charge is 2.06. The fourth-order valence-electron chi connectivity index (χ4n) is 1.14. The number of rotatable bonds is 5. The summed E-state index contributed by atoms with van der Waals surface area (Å²) in [7, 11) is 3.75. The van der Waals surface area contributed by atoms with E-state index in [4.69, 9.17) is 4.74 Å². The predicted molar refractivity (Wildman–Crippen MR) is 66.6 cm³/mol. The van der Waals surface area contributed by atoms with Crippen molar-refractivity contribution in [2.45, 2.75) is 0 Å². The number of benzene rings is 1. The van der Waals surface area contributed by atoms with Gasteiger partial charge in [0.1, 0.15) is 6.61 Å². The molecule has 7 nitrogen and oxygen atoms in total. The quantitative estimate of drug-likeness (QED) is 0.637. The van der Waals surface area contributed by atoms with Crippen LogP contribution in [0.1, 0.15) is 0 Å². The Labute approximate surface area is 104 Å². The average molecular weight is 253 g/mol. The van der Waals surface area contributed by atoms with Crippen LogP contribution in [0.15, 0.2) is 24.3 Å². The van der Waals surface area contributed by atoms with E-state index in [1.807, 2.05) is 19.0 Å². The summed E-state index contributed by atoms with van der Waals surface area (Å²) in [5.74, 6) is 0. The summed E-state index contributed by atoms with van der Waals surface area (Å²) >= 11 is 0. The molecule has 0 bridgehead atoms. The molecule has 0 aromatic heterocycles. The Balaban J connectivity index is 2.42. The fourth-order valence-corrected chi connectivity index (χ4v) is 1.14. The number of anilines is 1. The van der Waals surface area contributed by atoms with Crippen molar-refractivity contribution in [1.82, 2.24) is 4.90 Å². The third-order valence-corrected chi connectivity index (χ3v) is 2.10. The lowest BCUT2D eigenvalue weighted by Gasteiger charge is -2.10. The minimum Gasteiger partial charge on any atom is -0.448 e. The van der Waals surface area contributed by atoms with Crippen LogP contribution in [0.5, 0.6) is 0 Å². The Morgan fingerprint density at radius 3 is 2.50 bits per heavy atom. The summed E-state index contributed by atoms with van der Waals surface area (Å²) in [5, 5.41) is 12.9. The highest BCUT2D eigenvalue weighted by molar-refractivity contribution is 5.84. The molecule has 0 radical (unpaired) electrons. The van der Waals surface area contributed by atoms with Crippen LogP contribution >= 0.6 is 0 Å². The molecule has 0 saturated carbocycles. The van der Waals surface area contributed by atoms with E-state index in [1.54, 1.807) is 0 Å². The molecular weight excluding hydrogens is 238 g/mol. The second kappa shape index (κ2) is 6.55. The number of ether oxygens (including phenoxy) is 1. The van der Waals surface area contributed by atoms with Crippen molar-refractivity contribution in [3.63, 3.8) is 0 Å². The van der Waals surface area contributed by atoms with E-state index < -0.39 is 11.0 Å². The number of hydrogen-bond donors (Lipinski definition) is 1. The Morgan fingerprint density at radius 2 is 2.00 bits per heavy atom. The molecule has 0 aliphatic carbocycles. The first-order valence-electron chi connectivity index (χ1n) is 5.32. The Kier molecular flexibility index (Phi) is 5.06. The standard InChI is InChI=1S/C11H15N3O4/c1-13(2)7-8-18-11(15)12-9-3-5-10(6-4-9)14(16)17/h3-6H,7-8H2,1-2H3,(H,12,15). The van der Waals surface area contributed by atoms with Gasteiger partial charge in [-0.1, -0.05) is 0 Å². The molecule has 1 aromatic carbocycles. The number of nitro benzene ring substituents is 1. The molecule has 0 aliphatic heterocycles. The van der Waals surface area contributed by atoms with Gasteiger partial charge in [0.25, 0.3) is 5.69 Å². The molecule has 18 heavy (non-hydrogen) atoms. The summed E-state index contributed by atoms with van der Waals surface area (Å²) in [6.07, 6.45) is -0.578. The number of likely N-dealkylation sites (N-methyl/N-ethyl adjacent to an activating group) is 1. The molecule has 1 rings (SSSR count). The van der Waals surface area contributed by atoms with Gasteiger partial charge in [-0.3, -0.25) is 15.4 Å². The van der Waals surface area contributed by atoms with Gasteiger partial charge in [0, 0.05) is 24.4 Å². The fraction of sp³-hybridized carbons (Fsp3) is 0.364. The van der Waals surface area contributed by atoms with Crippen LogP contribution in [0.2, 0.25) is 0 Å². The number of nitrogens with zero attached hydrogens (tertiary/aromatic N) is 2. The van der Waals surface area contributed by atoms with Gasteiger partial charge >= 0.3 is 6.09 Å². The van der Waals surface area contributed by atoms with Crippen molar-refractivity contribution in [1.29, 1.82) is 0 Å². The van der Waals surface area contributed by atoms with E-state index in [-0.39, 0.29) is 12.3 Å². The lowest BCUT2D eigenvalue weighted by atomic mass is 10.3. The third kappa shape index (κ3) is 4.79. The van der Waals surface area contributed by atoms with E-state index in [9.17, 15) is 14.9 Å². The SMILES string of the molecule is CN(C)CCOC(=O)Nc1ccc([N+](=O)[O-])cc1. The van der Waals surface area contributed by atoms with Crippen LogP contribution in [-0.2, 0) is 4.74 Å². The van der Waals surface area contributed by atoms with Crippen LogP contribution in [0, 0.1) is 10.1 Å². The minimum atomic E-state index is -0.578. The number of hydrogen-bond acceptors (Lipinski definition) is 5. The van der Waals surface area contributed by atoms with Gasteiger partial charge in [-0.25, -0.2) is 4.79 Å². The maximum atomic E-state index is 11.3. The normalized spacial score (nSPS) is 10.2. The summed E-state index contributed by atoms with van der Waals surface area (Å²) in [6, 6.07) is 5.53. The maximum absolute atomic E-state index is 11.3. The number of non-ortho nitro benzene ring substituents is 1. The molecule has 0 saturated heterocycles. The number of nitro groups is 1. The van der Waals surface area contributed by atoms with Crippen molar-refractivity contribution in [2.75, 3.05) is 32.6 Å². The number of carbonyl (C=O) groups excluding carboxylic acids is 1. The lowest BCUT2D eigenvalue weighted by Crippen LogP contribution is -2.22. The first-order chi connectivity index (χ1) is 8.49. The van der Waals surface area contributed by atoms with Crippen molar-refractivity contribution in [3.8, 4) is 0 Å². The molecule has 1 amide bonds. The topological polar surface area (TPSA) is 84.7 Å². The van der Waals surface area contributed by atoms with Crippen LogP contribution in [0.3, 0.4) is 0 Å². The highest BCUT2D eigenvalue weighted by atomic mass is 16.6. The zero-order valence-electron chi connectivity index (χ0n) is 10.3. The van der Waals surface area contributed by atoms with Crippen LogP contribution in [0.4, 0.5) is 16.2 Å². The van der Waals surface area contributed by atoms with Gasteiger partial charge in [0.2, 0.25) is 0 Å². The smallest absolute Gasteiger partial charge is 0.411 e. The second-order valence-corrected chi connectivity index (χ2v) is 3.87. The summed E-state index contributed by atoms with van der Waals surface area (Å²) in [6.45, 7) is 0.916. The molecule has 0 aliphatic rings. The predicted octanol–water partition coefficient (Wildman–Crippen LogP) is 1.70. The first kappa shape index (κ1) is 13.9. The van der Waals surface area contributed by atoms with E-state index in [0.717, 1.165) is 0 Å². The molecule has 0 fully saturated rings. The number of amides is 1. The Hall–Kier alpha value is -2.15. The van der Waals surface area contributed by atoms with E-state index in [1.165, 1.54) is 24.3 Å². The Morgan fingerprint density at radius 1 is 1.39 bits per heavy atom. The van der Waals surface area contributed by atoms with Crippen molar-refractivity contribution < 1.29 is 14.5 Å². The summed E-state index contributed by atoms with van der Waals surface area (Å²) < 4.78 is 4.91. The van der Waals surface area contributed by atoms with Gasteiger partial charge in [-0.2, -0.15) is 0 Å². The average Bonchev–Trinajstić information content (AvgIpc) is 2.29. The molecule has 1 aromatic rings. The van der Waals surface area contributed by atoms with Gasteiger partial charge in [0.05, 0.1) is 4.92 Å². The zero-order valence-corrected chi connectivity index (χ0v) is 10.3. The zero-order chi connectivity index (χ0) is 13.5. The van der Waals surface area contributed by atoms with Crippen LogP contribution in [0.25, 0.3) is 0 Å². The van der Waals surface area contributed by atoms with Gasteiger partial charge in [-0.05, 0) is 26.2 Å². The number of nitrogens with one attached hydrogen (secondary N) is 1. The maximum Gasteiger partial charge on any atom is 0.411 e. The van der Waals surface area contributed by atoms with Crippen molar-refractivity contribution in [2.24, 2.45) is 0 Å². The van der Waals surface area contributed by atoms with Crippen molar-refractivity contribution in [3.05, 3.63) is 34.4 Å². The third-order valence-electron chi connectivity index (χ3n) is 2.10. The molecule has 0 heterocycles. The van der Waals surface area contributed by atoms with Crippen LogP contribution in [-0.4, -0.2) is 43.2 Å². The summed E-state index contributed by atoms with van der Waals surface area (Å²) in [4.78, 5) is 23.1. The van der Waals surface area contributed by atoms with E-state index in [0.29, 0.717) is 12.2 Å². The van der Waals surface area contributed by atoms with Crippen LogP contribution < -0.4 is 5.32 Å². The molecule has 1 N–H and O–H groups in total. The Bertz CT molecular complexity index is 417. The molecule has 7 heteroatoms. The van der Waals surface area contributed by atoms with Gasteiger partial charge in [0.15, 0.2) is 0 Å². The lowest BCUT2D eigenvalue weighted by molar-refractivity contribution is -0.384. The molecule has 98 valence electrons. The number of carbonyl (C=O) groups is 1. The molecule has 0 atom stereocenters. The molecular formula is C11H15N3O4. The monoisotopic (exact) mass is 253 g/mol. The van der Waals surface area contributed by atoms with Gasteiger partial charge in [-0.15, -0.1) is 0 Å². The van der Waals surface area contributed by atoms with E-state index >= 15 is 0 Å². The minimum absolute atomic E-state index is 0.0264. The highest BCUT2D eigenvalue weighted by Crippen LogP contribution is 2.15. The van der Waals surface area contributed by atoms with Crippen molar-refractivity contribution >= 4 is 17.5 Å².